The third-order valence-corrected chi connectivity index (χ3v) is 5.09. The van der Waals surface area contributed by atoms with E-state index < -0.39 is 0 Å². The van der Waals surface area contributed by atoms with Gasteiger partial charge in [-0.2, -0.15) is 4.37 Å². The Morgan fingerprint density at radius 2 is 1.70 bits per heavy atom. The first-order valence-electron chi connectivity index (χ1n) is 7.94. The van der Waals surface area contributed by atoms with Gasteiger partial charge in [-0.1, -0.05) is 12.8 Å². The number of anilines is 1. The van der Waals surface area contributed by atoms with Gasteiger partial charge in [0.25, 0.3) is 0 Å². The molecule has 1 aromatic carbocycles. The van der Waals surface area contributed by atoms with Crippen molar-refractivity contribution < 1.29 is 4.39 Å². The first-order chi connectivity index (χ1) is 11.3. The number of hydrogen-bond acceptors (Lipinski definition) is 5. The third-order valence-electron chi connectivity index (χ3n) is 4.26. The molecule has 0 bridgehead atoms. The summed E-state index contributed by atoms with van der Waals surface area (Å²) >= 11 is 1.43. The number of fused-ring (bicyclic) bond motifs is 1. The van der Waals surface area contributed by atoms with Crippen LogP contribution in [0.2, 0.25) is 0 Å². The van der Waals surface area contributed by atoms with Crippen LogP contribution in [0, 0.1) is 5.82 Å². The first kappa shape index (κ1) is 14.5. The summed E-state index contributed by atoms with van der Waals surface area (Å²) in [6, 6.07) is 6.41. The molecule has 118 valence electrons. The molecule has 23 heavy (non-hydrogen) atoms. The molecule has 0 saturated carbocycles. The summed E-state index contributed by atoms with van der Waals surface area (Å²) in [5.74, 6) is 0.746. The molecule has 0 N–H and O–H groups in total. The quantitative estimate of drug-likeness (QED) is 0.704. The number of benzene rings is 1. The Morgan fingerprint density at radius 3 is 2.43 bits per heavy atom. The highest BCUT2D eigenvalue weighted by atomic mass is 32.1. The predicted molar refractivity (Wildman–Crippen MR) is 91.3 cm³/mol. The van der Waals surface area contributed by atoms with Gasteiger partial charge in [0, 0.05) is 18.7 Å². The molecule has 4 nitrogen and oxygen atoms in total. The second-order valence-corrected chi connectivity index (χ2v) is 6.59. The van der Waals surface area contributed by atoms with Crippen molar-refractivity contribution in [3.8, 4) is 11.3 Å². The van der Waals surface area contributed by atoms with Crippen molar-refractivity contribution in [2.45, 2.75) is 25.7 Å². The Balaban J connectivity index is 1.78. The number of aromatic nitrogens is 3. The van der Waals surface area contributed by atoms with Crippen molar-refractivity contribution in [1.82, 2.24) is 14.3 Å². The van der Waals surface area contributed by atoms with Gasteiger partial charge in [0.2, 0.25) is 0 Å². The predicted octanol–water partition coefficient (Wildman–Crippen LogP) is 4.27. The fraction of sp³-hybridized carbons (Fsp3) is 0.353. The monoisotopic (exact) mass is 328 g/mol. The minimum absolute atomic E-state index is 0.242. The number of halogens is 1. The molecule has 6 heteroatoms. The molecule has 1 aliphatic heterocycles. The molecule has 3 heterocycles. The van der Waals surface area contributed by atoms with E-state index in [1.165, 1.54) is 49.3 Å². The zero-order valence-electron chi connectivity index (χ0n) is 12.7. The van der Waals surface area contributed by atoms with Gasteiger partial charge in [-0.3, -0.25) is 0 Å². The van der Waals surface area contributed by atoms with Crippen LogP contribution in [0.4, 0.5) is 10.2 Å². The minimum Gasteiger partial charge on any atom is -0.355 e. The Kier molecular flexibility index (Phi) is 3.91. The van der Waals surface area contributed by atoms with E-state index >= 15 is 0 Å². The van der Waals surface area contributed by atoms with Crippen LogP contribution >= 0.6 is 11.5 Å². The van der Waals surface area contributed by atoms with Crippen LogP contribution in [0.15, 0.2) is 30.6 Å². The van der Waals surface area contributed by atoms with Gasteiger partial charge >= 0.3 is 0 Å². The summed E-state index contributed by atoms with van der Waals surface area (Å²) in [6.45, 7) is 2.08. The lowest BCUT2D eigenvalue weighted by molar-refractivity contribution is 0.628. The van der Waals surface area contributed by atoms with Crippen LogP contribution in [0.1, 0.15) is 25.7 Å². The van der Waals surface area contributed by atoms with Gasteiger partial charge in [0.15, 0.2) is 5.82 Å². The van der Waals surface area contributed by atoms with Crippen molar-refractivity contribution in [3.63, 3.8) is 0 Å². The summed E-state index contributed by atoms with van der Waals surface area (Å²) in [5, 5.41) is 0. The van der Waals surface area contributed by atoms with Crippen molar-refractivity contribution in [1.29, 1.82) is 0 Å². The smallest absolute Gasteiger partial charge is 0.151 e. The molecule has 0 radical (unpaired) electrons. The van der Waals surface area contributed by atoms with Gasteiger partial charge in [0.1, 0.15) is 28.1 Å². The lowest BCUT2D eigenvalue weighted by Crippen LogP contribution is -2.24. The normalized spacial score (nSPS) is 15.8. The Labute approximate surface area is 138 Å². The van der Waals surface area contributed by atoms with Crippen molar-refractivity contribution in [3.05, 3.63) is 36.4 Å². The molecule has 0 unspecified atom stereocenters. The topological polar surface area (TPSA) is 41.9 Å². The van der Waals surface area contributed by atoms with E-state index in [0.717, 1.165) is 40.4 Å². The lowest BCUT2D eigenvalue weighted by Gasteiger charge is -2.21. The molecule has 2 aromatic heterocycles. The van der Waals surface area contributed by atoms with E-state index in [0.29, 0.717) is 0 Å². The highest BCUT2D eigenvalue weighted by molar-refractivity contribution is 7.14. The summed E-state index contributed by atoms with van der Waals surface area (Å²) < 4.78 is 18.7. The average Bonchev–Trinajstić information content (AvgIpc) is 2.83. The van der Waals surface area contributed by atoms with Crippen LogP contribution in [0.25, 0.3) is 21.5 Å². The maximum atomic E-state index is 13.1. The van der Waals surface area contributed by atoms with Gasteiger partial charge in [-0.15, -0.1) is 0 Å². The van der Waals surface area contributed by atoms with Gasteiger partial charge < -0.3 is 4.90 Å². The van der Waals surface area contributed by atoms with Gasteiger partial charge in [-0.25, -0.2) is 14.4 Å². The van der Waals surface area contributed by atoms with Gasteiger partial charge in [-0.05, 0) is 48.6 Å². The fourth-order valence-electron chi connectivity index (χ4n) is 3.06. The molecular weight excluding hydrogens is 311 g/mol. The fourth-order valence-corrected chi connectivity index (χ4v) is 3.93. The van der Waals surface area contributed by atoms with E-state index in [2.05, 4.69) is 19.2 Å². The number of hydrogen-bond donors (Lipinski definition) is 0. The van der Waals surface area contributed by atoms with Crippen LogP contribution in [0.5, 0.6) is 0 Å². The van der Waals surface area contributed by atoms with E-state index in [1.807, 2.05) is 0 Å². The van der Waals surface area contributed by atoms with Crippen LogP contribution in [-0.4, -0.2) is 27.4 Å². The second kappa shape index (κ2) is 6.20. The van der Waals surface area contributed by atoms with Crippen molar-refractivity contribution >= 4 is 27.6 Å². The highest BCUT2D eigenvalue weighted by Crippen LogP contribution is 2.34. The summed E-state index contributed by atoms with van der Waals surface area (Å²) in [7, 11) is 0. The van der Waals surface area contributed by atoms with E-state index in [-0.39, 0.29) is 5.82 Å². The zero-order chi connectivity index (χ0) is 15.6. The largest absolute Gasteiger partial charge is 0.355 e. The molecular formula is C17H17FN4S. The maximum Gasteiger partial charge on any atom is 0.151 e. The molecule has 4 rings (SSSR count). The molecule has 1 saturated heterocycles. The van der Waals surface area contributed by atoms with Crippen molar-refractivity contribution in [2.75, 3.05) is 18.0 Å². The van der Waals surface area contributed by atoms with E-state index in [1.54, 1.807) is 18.5 Å². The molecule has 0 atom stereocenters. The van der Waals surface area contributed by atoms with Gasteiger partial charge in [0.05, 0.1) is 0 Å². The van der Waals surface area contributed by atoms with E-state index in [9.17, 15) is 4.39 Å². The van der Waals surface area contributed by atoms with Crippen LogP contribution in [0.3, 0.4) is 0 Å². The third kappa shape index (κ3) is 2.79. The van der Waals surface area contributed by atoms with Crippen molar-refractivity contribution in [2.24, 2.45) is 0 Å². The zero-order valence-corrected chi connectivity index (χ0v) is 13.5. The Bertz CT molecular complexity index is 807. The molecule has 1 aliphatic rings. The Morgan fingerprint density at radius 1 is 0.957 bits per heavy atom. The first-order valence-corrected chi connectivity index (χ1v) is 8.71. The summed E-state index contributed by atoms with van der Waals surface area (Å²) in [6.07, 6.45) is 6.59. The molecule has 3 aromatic rings. The summed E-state index contributed by atoms with van der Waals surface area (Å²) in [4.78, 5) is 11.3. The maximum absolute atomic E-state index is 13.1. The van der Waals surface area contributed by atoms with Crippen LogP contribution < -0.4 is 4.90 Å². The van der Waals surface area contributed by atoms with E-state index in [4.69, 9.17) is 0 Å². The highest BCUT2D eigenvalue weighted by Gasteiger charge is 2.19. The second-order valence-electron chi connectivity index (χ2n) is 5.81. The molecule has 0 aliphatic carbocycles. The molecule has 1 fully saturated rings. The standard InChI is InChI=1S/C17H17FN4S/c18-13-7-5-12(6-8-13)14-15-16(23-21-14)17(20-11-19-15)22-9-3-1-2-4-10-22/h5-8,11H,1-4,9-10H2. The number of nitrogens with zero attached hydrogens (tertiary/aromatic N) is 4. The SMILES string of the molecule is Fc1ccc(-c2nsc3c(N4CCCCCC4)ncnc23)cc1. The minimum atomic E-state index is -0.242. The number of rotatable bonds is 2. The summed E-state index contributed by atoms with van der Waals surface area (Å²) in [5.41, 5.74) is 2.55. The average molecular weight is 328 g/mol. The lowest BCUT2D eigenvalue weighted by atomic mass is 10.1. The van der Waals surface area contributed by atoms with Crippen LogP contribution in [-0.2, 0) is 0 Å². The molecule has 0 spiro atoms. The Hall–Kier alpha value is -2.08. The molecule has 0 amide bonds.